The number of fused-ring (bicyclic) bond motifs is 3. The van der Waals surface area contributed by atoms with Gasteiger partial charge in [0.2, 0.25) is 5.91 Å². The molecule has 4 rings (SSSR count). The number of hydrogen-bond donors (Lipinski definition) is 2. The van der Waals surface area contributed by atoms with Crippen LogP contribution in [0, 0.1) is 11.8 Å². The minimum absolute atomic E-state index is 0.109. The van der Waals surface area contributed by atoms with E-state index < -0.39 is 0 Å². The quantitative estimate of drug-likeness (QED) is 0.895. The number of aryl methyl sites for hydroxylation is 1. The predicted octanol–water partition coefficient (Wildman–Crippen LogP) is 2.35. The van der Waals surface area contributed by atoms with Crippen molar-refractivity contribution in [3.05, 3.63) is 35.4 Å². The lowest BCUT2D eigenvalue weighted by molar-refractivity contribution is -0.124. The molecule has 0 heterocycles. The second kappa shape index (κ2) is 4.84. The van der Waals surface area contributed by atoms with Crippen LogP contribution in [-0.4, -0.2) is 18.0 Å². The second-order valence-corrected chi connectivity index (χ2v) is 7.13. The average Bonchev–Trinajstić information content (AvgIpc) is 3.10. The first-order valence-corrected chi connectivity index (χ1v) is 8.34. The van der Waals surface area contributed by atoms with Gasteiger partial charge in [0.1, 0.15) is 0 Å². The lowest BCUT2D eigenvalue weighted by Crippen LogP contribution is -2.52. The first kappa shape index (κ1) is 13.3. The van der Waals surface area contributed by atoms with Crippen LogP contribution in [-0.2, 0) is 11.2 Å². The van der Waals surface area contributed by atoms with Gasteiger partial charge < -0.3 is 11.1 Å². The Bertz CT molecular complexity index is 562. The highest BCUT2D eigenvalue weighted by atomic mass is 16.2. The molecule has 3 atom stereocenters. The lowest BCUT2D eigenvalue weighted by atomic mass is 9.92. The average molecular weight is 284 g/mol. The van der Waals surface area contributed by atoms with Gasteiger partial charge in [0.25, 0.3) is 0 Å². The van der Waals surface area contributed by atoms with Crippen molar-refractivity contribution in [1.29, 1.82) is 0 Å². The second-order valence-electron chi connectivity index (χ2n) is 7.13. The molecule has 0 saturated heterocycles. The van der Waals surface area contributed by atoms with Gasteiger partial charge in [0.15, 0.2) is 0 Å². The molecule has 3 heteroatoms. The third kappa shape index (κ3) is 2.10. The zero-order chi connectivity index (χ0) is 14.4. The van der Waals surface area contributed by atoms with Gasteiger partial charge in [-0.05, 0) is 48.6 Å². The fourth-order valence-corrected chi connectivity index (χ4v) is 4.70. The first-order valence-electron chi connectivity index (χ1n) is 8.34. The van der Waals surface area contributed by atoms with Crippen molar-refractivity contribution < 1.29 is 4.79 Å². The highest BCUT2D eigenvalue weighted by Gasteiger charge is 2.57. The smallest absolute Gasteiger partial charge is 0.224 e. The van der Waals surface area contributed by atoms with Crippen molar-refractivity contribution in [3.63, 3.8) is 0 Å². The monoisotopic (exact) mass is 284 g/mol. The molecule has 112 valence electrons. The van der Waals surface area contributed by atoms with Crippen LogP contribution in [0.15, 0.2) is 24.3 Å². The van der Waals surface area contributed by atoms with E-state index in [1.165, 1.54) is 24.0 Å². The highest BCUT2D eigenvalue weighted by Crippen LogP contribution is 2.60. The summed E-state index contributed by atoms with van der Waals surface area (Å²) in [5.74, 6) is 1.48. The van der Waals surface area contributed by atoms with Crippen LogP contribution in [0.25, 0.3) is 0 Å². The predicted molar refractivity (Wildman–Crippen MR) is 82.9 cm³/mol. The fourth-order valence-electron chi connectivity index (χ4n) is 4.70. The van der Waals surface area contributed by atoms with E-state index in [0.717, 1.165) is 25.7 Å². The van der Waals surface area contributed by atoms with Crippen LogP contribution in [0.3, 0.4) is 0 Å². The Balaban J connectivity index is 1.51. The van der Waals surface area contributed by atoms with E-state index in [-0.39, 0.29) is 17.4 Å². The van der Waals surface area contributed by atoms with Crippen molar-refractivity contribution in [2.75, 3.05) is 6.54 Å². The van der Waals surface area contributed by atoms with Crippen molar-refractivity contribution in [3.8, 4) is 0 Å². The van der Waals surface area contributed by atoms with Gasteiger partial charge in [0.05, 0.1) is 5.54 Å². The number of carbonyl (C=O) groups is 1. The molecule has 0 aliphatic heterocycles. The standard InChI is InChI=1S/C18H24N2O/c19-11-18(9-3-4-10-18)20-17(21)16-14-8-7-12-5-1-2-6-13(12)15(14)16/h1-2,5-6,14-16H,3-4,7-11,19H2,(H,20,21). The van der Waals surface area contributed by atoms with Gasteiger partial charge in [-0.1, -0.05) is 37.1 Å². The number of carbonyl (C=O) groups excluding carboxylic acids is 1. The van der Waals surface area contributed by atoms with Crippen molar-refractivity contribution in [2.45, 2.75) is 50.0 Å². The Hall–Kier alpha value is -1.35. The first-order chi connectivity index (χ1) is 10.2. The molecular weight excluding hydrogens is 260 g/mol. The molecular formula is C18H24N2O. The van der Waals surface area contributed by atoms with Crippen LogP contribution in [0.4, 0.5) is 0 Å². The normalized spacial score (nSPS) is 32.1. The van der Waals surface area contributed by atoms with Crippen LogP contribution in [0.1, 0.15) is 49.1 Å². The molecule has 3 nitrogen and oxygen atoms in total. The van der Waals surface area contributed by atoms with E-state index in [2.05, 4.69) is 29.6 Å². The molecule has 2 fully saturated rings. The molecule has 3 unspecified atom stereocenters. The van der Waals surface area contributed by atoms with E-state index in [9.17, 15) is 4.79 Å². The summed E-state index contributed by atoms with van der Waals surface area (Å²) in [6.45, 7) is 0.581. The van der Waals surface area contributed by atoms with Gasteiger partial charge in [0, 0.05) is 12.5 Å². The SMILES string of the molecule is NCC1(NC(=O)C2C3CCc4ccccc4C32)CCCC1. The van der Waals surface area contributed by atoms with Gasteiger partial charge in [-0.3, -0.25) is 4.79 Å². The summed E-state index contributed by atoms with van der Waals surface area (Å²) >= 11 is 0. The number of nitrogens with one attached hydrogen (secondary N) is 1. The van der Waals surface area contributed by atoms with E-state index in [0.29, 0.717) is 18.4 Å². The summed E-state index contributed by atoms with van der Waals surface area (Å²) in [4.78, 5) is 12.7. The minimum atomic E-state index is -0.109. The summed E-state index contributed by atoms with van der Waals surface area (Å²) in [5.41, 5.74) is 8.70. The van der Waals surface area contributed by atoms with E-state index in [4.69, 9.17) is 5.73 Å². The maximum absolute atomic E-state index is 12.7. The molecule has 21 heavy (non-hydrogen) atoms. The van der Waals surface area contributed by atoms with Gasteiger partial charge in [-0.15, -0.1) is 0 Å². The van der Waals surface area contributed by atoms with Crippen molar-refractivity contribution >= 4 is 5.91 Å². The summed E-state index contributed by atoms with van der Waals surface area (Å²) in [6, 6.07) is 8.65. The third-order valence-corrected chi connectivity index (χ3v) is 5.97. The molecule has 1 aromatic carbocycles. The number of nitrogens with two attached hydrogens (primary N) is 1. The number of rotatable bonds is 3. The van der Waals surface area contributed by atoms with Gasteiger partial charge in [-0.2, -0.15) is 0 Å². The lowest BCUT2D eigenvalue weighted by Gasteiger charge is -2.29. The Morgan fingerprint density at radius 2 is 2.05 bits per heavy atom. The van der Waals surface area contributed by atoms with Crippen molar-refractivity contribution in [1.82, 2.24) is 5.32 Å². The third-order valence-electron chi connectivity index (χ3n) is 5.97. The Morgan fingerprint density at radius 3 is 2.81 bits per heavy atom. The Kier molecular flexibility index (Phi) is 3.07. The molecule has 0 spiro atoms. The molecule has 3 aliphatic carbocycles. The Morgan fingerprint density at radius 1 is 1.29 bits per heavy atom. The fraction of sp³-hybridized carbons (Fsp3) is 0.611. The van der Waals surface area contributed by atoms with Crippen LogP contribution in [0.2, 0.25) is 0 Å². The maximum atomic E-state index is 12.7. The maximum Gasteiger partial charge on any atom is 0.224 e. The van der Waals surface area contributed by atoms with E-state index in [1.807, 2.05) is 0 Å². The molecule has 0 aromatic heterocycles. The molecule has 3 aliphatic rings. The van der Waals surface area contributed by atoms with Crippen LogP contribution in [0.5, 0.6) is 0 Å². The summed E-state index contributed by atoms with van der Waals surface area (Å²) < 4.78 is 0. The molecule has 2 saturated carbocycles. The summed E-state index contributed by atoms with van der Waals surface area (Å²) in [7, 11) is 0. The number of hydrogen-bond acceptors (Lipinski definition) is 2. The van der Waals surface area contributed by atoms with Crippen LogP contribution >= 0.6 is 0 Å². The summed E-state index contributed by atoms with van der Waals surface area (Å²) in [5, 5.41) is 3.33. The molecule has 1 aromatic rings. The van der Waals surface area contributed by atoms with E-state index in [1.54, 1.807) is 0 Å². The highest BCUT2D eigenvalue weighted by molar-refractivity contribution is 5.84. The minimum Gasteiger partial charge on any atom is -0.349 e. The van der Waals surface area contributed by atoms with Gasteiger partial charge >= 0.3 is 0 Å². The molecule has 0 radical (unpaired) electrons. The van der Waals surface area contributed by atoms with Crippen molar-refractivity contribution in [2.24, 2.45) is 17.6 Å². The molecule has 3 N–H and O–H groups in total. The molecule has 0 bridgehead atoms. The number of benzene rings is 1. The largest absolute Gasteiger partial charge is 0.349 e. The van der Waals surface area contributed by atoms with Gasteiger partial charge in [-0.25, -0.2) is 0 Å². The zero-order valence-electron chi connectivity index (χ0n) is 12.5. The Labute approximate surface area is 126 Å². The van der Waals surface area contributed by atoms with E-state index >= 15 is 0 Å². The van der Waals surface area contributed by atoms with Crippen LogP contribution < -0.4 is 11.1 Å². The summed E-state index contributed by atoms with van der Waals surface area (Å²) in [6.07, 6.45) is 6.77. The number of amides is 1. The zero-order valence-corrected chi connectivity index (χ0v) is 12.5. The molecule has 1 amide bonds. The topological polar surface area (TPSA) is 55.1 Å².